The van der Waals surface area contributed by atoms with Gasteiger partial charge in [-0.05, 0) is 49.4 Å². The van der Waals surface area contributed by atoms with E-state index < -0.39 is 15.9 Å². The molecule has 28 heavy (non-hydrogen) atoms. The van der Waals surface area contributed by atoms with Crippen LogP contribution in [0.3, 0.4) is 0 Å². The Hall–Kier alpha value is -3.52. The Bertz CT molecular complexity index is 1080. The van der Waals surface area contributed by atoms with Gasteiger partial charge in [0.1, 0.15) is 0 Å². The minimum absolute atomic E-state index is 0.171. The van der Waals surface area contributed by atoms with Crippen LogP contribution < -0.4 is 10.1 Å². The Morgan fingerprint density at radius 2 is 1.75 bits per heavy atom. The highest BCUT2D eigenvalue weighted by atomic mass is 32.2. The summed E-state index contributed by atoms with van der Waals surface area (Å²) in [6, 6.07) is 16.2. The van der Waals surface area contributed by atoms with Gasteiger partial charge in [0.25, 0.3) is 15.9 Å². The van der Waals surface area contributed by atoms with Crippen molar-refractivity contribution in [3.63, 3.8) is 0 Å². The number of carbonyl (C=O) groups excluding carboxylic acids is 1. The molecule has 3 rings (SSSR count). The number of amides is 1. The fourth-order valence-corrected chi connectivity index (χ4v) is 3.36. The molecule has 0 aliphatic rings. The van der Waals surface area contributed by atoms with E-state index in [0.29, 0.717) is 11.3 Å². The van der Waals surface area contributed by atoms with Gasteiger partial charge in [-0.2, -0.15) is 5.10 Å². The van der Waals surface area contributed by atoms with Gasteiger partial charge in [-0.15, -0.1) is 0 Å². The molecule has 0 saturated carbocycles. The maximum Gasteiger partial charge on any atom is 0.271 e. The van der Waals surface area contributed by atoms with Crippen LogP contribution >= 0.6 is 0 Å². The lowest BCUT2D eigenvalue weighted by molar-refractivity contribution is 0.0955. The van der Waals surface area contributed by atoms with Gasteiger partial charge in [0.2, 0.25) is 0 Å². The van der Waals surface area contributed by atoms with Crippen LogP contribution in [0, 0.1) is 6.92 Å². The van der Waals surface area contributed by atoms with Crippen molar-refractivity contribution in [3.8, 4) is 0 Å². The molecule has 3 aromatic rings. The third-order valence-corrected chi connectivity index (χ3v) is 5.19. The fraction of sp³-hybridized carbons (Fsp3) is 0.0500. The zero-order chi connectivity index (χ0) is 20.0. The van der Waals surface area contributed by atoms with Gasteiger partial charge in [-0.25, -0.2) is 13.8 Å². The molecule has 1 amide bonds. The summed E-state index contributed by atoms with van der Waals surface area (Å²) in [5, 5.41) is 3.87. The van der Waals surface area contributed by atoms with Crippen LogP contribution in [-0.4, -0.2) is 25.5 Å². The summed E-state index contributed by atoms with van der Waals surface area (Å²) in [5.41, 5.74) is 4.84. The molecule has 1 heterocycles. The molecule has 0 radical (unpaired) electrons. The number of sulfonamides is 1. The smallest absolute Gasteiger partial charge is 0.271 e. The first-order valence-corrected chi connectivity index (χ1v) is 9.85. The highest BCUT2D eigenvalue weighted by Crippen LogP contribution is 2.17. The van der Waals surface area contributed by atoms with E-state index in [9.17, 15) is 13.2 Å². The van der Waals surface area contributed by atoms with Crippen molar-refractivity contribution in [2.45, 2.75) is 11.8 Å². The zero-order valence-electron chi connectivity index (χ0n) is 15.0. The molecule has 7 nitrogen and oxygen atoms in total. The van der Waals surface area contributed by atoms with Crippen molar-refractivity contribution in [2.24, 2.45) is 5.10 Å². The lowest BCUT2D eigenvalue weighted by Crippen LogP contribution is -2.18. The Balaban J connectivity index is 1.63. The van der Waals surface area contributed by atoms with Crippen LogP contribution in [0.4, 0.5) is 5.69 Å². The number of pyridine rings is 1. The summed E-state index contributed by atoms with van der Waals surface area (Å²) in [6.07, 6.45) is 4.74. The third kappa shape index (κ3) is 5.01. The van der Waals surface area contributed by atoms with Gasteiger partial charge in [-0.3, -0.25) is 14.5 Å². The van der Waals surface area contributed by atoms with E-state index in [-0.39, 0.29) is 4.90 Å². The van der Waals surface area contributed by atoms with E-state index >= 15 is 0 Å². The summed E-state index contributed by atoms with van der Waals surface area (Å²) in [5.74, 6) is -0.409. The van der Waals surface area contributed by atoms with Crippen molar-refractivity contribution in [2.75, 3.05) is 4.72 Å². The van der Waals surface area contributed by atoms with Gasteiger partial charge in [0, 0.05) is 29.2 Å². The molecule has 0 unspecified atom stereocenters. The van der Waals surface area contributed by atoms with E-state index in [1.54, 1.807) is 48.8 Å². The second-order valence-corrected chi connectivity index (χ2v) is 7.66. The number of hydrogen-bond acceptors (Lipinski definition) is 5. The summed E-state index contributed by atoms with van der Waals surface area (Å²) >= 11 is 0. The monoisotopic (exact) mass is 394 g/mol. The van der Waals surface area contributed by atoms with Crippen LogP contribution in [0.5, 0.6) is 0 Å². The number of nitrogens with zero attached hydrogens (tertiary/aromatic N) is 2. The highest BCUT2D eigenvalue weighted by Gasteiger charge is 2.14. The van der Waals surface area contributed by atoms with Gasteiger partial charge < -0.3 is 0 Å². The molecule has 2 aromatic carbocycles. The van der Waals surface area contributed by atoms with Gasteiger partial charge in [-0.1, -0.05) is 23.8 Å². The zero-order valence-corrected chi connectivity index (χ0v) is 15.8. The van der Waals surface area contributed by atoms with Gasteiger partial charge in [0.05, 0.1) is 11.1 Å². The Morgan fingerprint density at radius 1 is 1.04 bits per heavy atom. The van der Waals surface area contributed by atoms with Crippen molar-refractivity contribution in [1.29, 1.82) is 0 Å². The summed E-state index contributed by atoms with van der Waals surface area (Å²) in [7, 11) is -3.69. The standard InChI is InChI=1S/C20H18N4O3S/c1-15-4-10-19(11-5-15)28(26,27)24-18-8-6-17(7-9-18)20(25)23-22-14-16-3-2-12-21-13-16/h2-14,24H,1H3,(H,23,25)/b22-14+. The Labute approximate surface area is 163 Å². The number of carbonyl (C=O) groups is 1. The molecule has 2 N–H and O–H groups in total. The largest absolute Gasteiger partial charge is 0.280 e. The van der Waals surface area contributed by atoms with E-state index in [4.69, 9.17) is 0 Å². The maximum absolute atomic E-state index is 12.4. The quantitative estimate of drug-likeness (QED) is 0.496. The predicted octanol–water partition coefficient (Wildman–Crippen LogP) is 2.95. The van der Waals surface area contributed by atoms with Crippen molar-refractivity contribution < 1.29 is 13.2 Å². The van der Waals surface area contributed by atoms with E-state index in [1.165, 1.54) is 30.5 Å². The number of hydrogen-bond donors (Lipinski definition) is 2. The van der Waals surface area contributed by atoms with Crippen molar-refractivity contribution in [1.82, 2.24) is 10.4 Å². The second kappa shape index (κ2) is 8.45. The number of aromatic nitrogens is 1. The Morgan fingerprint density at radius 3 is 2.39 bits per heavy atom. The lowest BCUT2D eigenvalue weighted by Gasteiger charge is -2.09. The summed E-state index contributed by atoms with van der Waals surface area (Å²) in [6.45, 7) is 1.88. The number of aryl methyl sites for hydroxylation is 1. The minimum atomic E-state index is -3.69. The molecule has 0 fully saturated rings. The number of anilines is 1. The molecular weight excluding hydrogens is 376 g/mol. The van der Waals surface area contributed by atoms with E-state index in [2.05, 4.69) is 20.2 Å². The van der Waals surface area contributed by atoms with Crippen LogP contribution in [0.15, 0.2) is 83.1 Å². The average molecular weight is 394 g/mol. The molecule has 0 saturated heterocycles. The molecule has 0 atom stereocenters. The molecule has 0 aliphatic heterocycles. The molecule has 0 spiro atoms. The van der Waals surface area contributed by atoms with E-state index in [0.717, 1.165) is 11.1 Å². The molecular formula is C20H18N4O3S. The number of hydrazone groups is 1. The molecule has 1 aromatic heterocycles. The molecule has 0 aliphatic carbocycles. The normalized spacial score (nSPS) is 11.3. The first kappa shape index (κ1) is 19.2. The van der Waals surface area contributed by atoms with Crippen molar-refractivity contribution >= 4 is 27.8 Å². The molecule has 0 bridgehead atoms. The number of rotatable bonds is 6. The number of nitrogens with one attached hydrogen (secondary N) is 2. The second-order valence-electron chi connectivity index (χ2n) is 5.98. The average Bonchev–Trinajstić information content (AvgIpc) is 2.69. The molecule has 8 heteroatoms. The van der Waals surface area contributed by atoms with Gasteiger partial charge >= 0.3 is 0 Å². The van der Waals surface area contributed by atoms with E-state index in [1.807, 2.05) is 6.92 Å². The number of benzene rings is 2. The SMILES string of the molecule is Cc1ccc(S(=O)(=O)Nc2ccc(C(=O)N/N=C/c3cccnc3)cc2)cc1. The van der Waals surface area contributed by atoms with Crippen LogP contribution in [0.25, 0.3) is 0 Å². The maximum atomic E-state index is 12.4. The van der Waals surface area contributed by atoms with Crippen LogP contribution in [0.2, 0.25) is 0 Å². The lowest BCUT2D eigenvalue weighted by atomic mass is 10.2. The minimum Gasteiger partial charge on any atom is -0.280 e. The summed E-state index contributed by atoms with van der Waals surface area (Å²) in [4.78, 5) is 16.2. The fourth-order valence-electron chi connectivity index (χ4n) is 2.30. The highest BCUT2D eigenvalue weighted by molar-refractivity contribution is 7.92. The Kier molecular flexibility index (Phi) is 5.81. The first-order chi connectivity index (χ1) is 13.4. The topological polar surface area (TPSA) is 101 Å². The summed E-state index contributed by atoms with van der Waals surface area (Å²) < 4.78 is 27.3. The van der Waals surface area contributed by atoms with Crippen LogP contribution in [0.1, 0.15) is 21.5 Å². The van der Waals surface area contributed by atoms with Crippen molar-refractivity contribution in [3.05, 3.63) is 89.7 Å². The van der Waals surface area contributed by atoms with Crippen LogP contribution in [-0.2, 0) is 10.0 Å². The van der Waals surface area contributed by atoms with Gasteiger partial charge in [0.15, 0.2) is 0 Å². The third-order valence-electron chi connectivity index (χ3n) is 3.79. The first-order valence-electron chi connectivity index (χ1n) is 8.37. The predicted molar refractivity (Wildman–Crippen MR) is 108 cm³/mol. The molecule has 142 valence electrons.